The van der Waals surface area contributed by atoms with Gasteiger partial charge in [-0.3, -0.25) is 4.79 Å². The number of benzene rings is 1. The standard InChI is InChI=1S/C17H19N3O3S/c1-12-18-16(19-23-12)10-24-11-17(22)20-8-6-14(7-9-20)13-2-4-15(21)5-3-13/h2-6,21H,7-11H2,1H3. The molecule has 1 N–H and O–H groups in total. The van der Waals surface area contributed by atoms with Gasteiger partial charge in [0.15, 0.2) is 5.82 Å². The van der Waals surface area contributed by atoms with Crippen LogP contribution in [0.2, 0.25) is 0 Å². The Morgan fingerprint density at radius 2 is 2.17 bits per heavy atom. The number of phenolic OH excluding ortho intramolecular Hbond substituents is 1. The summed E-state index contributed by atoms with van der Waals surface area (Å²) in [5.41, 5.74) is 2.32. The lowest BCUT2D eigenvalue weighted by atomic mass is 9.99. The Balaban J connectivity index is 1.48. The molecule has 0 fully saturated rings. The van der Waals surface area contributed by atoms with Crippen LogP contribution in [-0.2, 0) is 10.5 Å². The number of nitrogens with zero attached hydrogens (tertiary/aromatic N) is 3. The van der Waals surface area contributed by atoms with E-state index in [1.54, 1.807) is 19.1 Å². The van der Waals surface area contributed by atoms with Gasteiger partial charge in [0, 0.05) is 20.0 Å². The van der Waals surface area contributed by atoms with Crippen molar-refractivity contribution in [2.75, 3.05) is 18.8 Å². The molecule has 0 saturated heterocycles. The van der Waals surface area contributed by atoms with E-state index in [-0.39, 0.29) is 11.7 Å². The summed E-state index contributed by atoms with van der Waals surface area (Å²) >= 11 is 1.50. The molecule has 1 aromatic heterocycles. The molecule has 1 aromatic carbocycles. The van der Waals surface area contributed by atoms with Gasteiger partial charge in [-0.25, -0.2) is 0 Å². The molecule has 0 unspecified atom stereocenters. The van der Waals surface area contributed by atoms with Crippen LogP contribution in [-0.4, -0.2) is 44.9 Å². The first-order valence-corrected chi connectivity index (χ1v) is 8.90. The average Bonchev–Trinajstić information content (AvgIpc) is 3.01. The lowest BCUT2D eigenvalue weighted by Crippen LogP contribution is -2.35. The molecular formula is C17H19N3O3S. The van der Waals surface area contributed by atoms with E-state index in [1.807, 2.05) is 17.0 Å². The quantitative estimate of drug-likeness (QED) is 0.897. The predicted molar refractivity (Wildman–Crippen MR) is 92.5 cm³/mol. The minimum absolute atomic E-state index is 0.126. The number of hydrogen-bond acceptors (Lipinski definition) is 6. The summed E-state index contributed by atoms with van der Waals surface area (Å²) in [5, 5.41) is 13.2. The fourth-order valence-electron chi connectivity index (χ4n) is 2.55. The van der Waals surface area contributed by atoms with E-state index in [0.29, 0.717) is 36.3 Å². The largest absolute Gasteiger partial charge is 0.508 e. The number of hydrogen-bond donors (Lipinski definition) is 1. The second-order valence-corrected chi connectivity index (χ2v) is 6.57. The molecule has 0 spiro atoms. The van der Waals surface area contributed by atoms with Crippen molar-refractivity contribution in [3.63, 3.8) is 0 Å². The Hall–Kier alpha value is -2.28. The number of thioether (sulfide) groups is 1. The van der Waals surface area contributed by atoms with Gasteiger partial charge < -0.3 is 14.5 Å². The topological polar surface area (TPSA) is 79.5 Å². The van der Waals surface area contributed by atoms with Crippen molar-refractivity contribution >= 4 is 23.2 Å². The molecule has 126 valence electrons. The zero-order valence-electron chi connectivity index (χ0n) is 13.4. The molecule has 6 nitrogen and oxygen atoms in total. The fraction of sp³-hybridized carbons (Fsp3) is 0.353. The summed E-state index contributed by atoms with van der Waals surface area (Å²) in [7, 11) is 0. The third kappa shape index (κ3) is 4.17. The van der Waals surface area contributed by atoms with E-state index in [1.165, 1.54) is 17.3 Å². The Kier molecular flexibility index (Phi) is 5.20. The highest BCUT2D eigenvalue weighted by Crippen LogP contribution is 2.24. The second-order valence-electron chi connectivity index (χ2n) is 5.59. The van der Waals surface area contributed by atoms with Crippen LogP contribution < -0.4 is 0 Å². The molecule has 1 aliphatic heterocycles. The molecule has 1 amide bonds. The Labute approximate surface area is 144 Å². The van der Waals surface area contributed by atoms with Gasteiger partial charge in [-0.05, 0) is 29.7 Å². The summed E-state index contributed by atoms with van der Waals surface area (Å²) in [6, 6.07) is 7.18. The molecule has 0 radical (unpaired) electrons. The summed E-state index contributed by atoms with van der Waals surface area (Å²) in [6.45, 7) is 3.09. The number of phenols is 1. The van der Waals surface area contributed by atoms with Gasteiger partial charge in [0.1, 0.15) is 5.75 Å². The van der Waals surface area contributed by atoms with E-state index in [9.17, 15) is 9.90 Å². The summed E-state index contributed by atoms with van der Waals surface area (Å²) in [6.07, 6.45) is 2.91. The van der Waals surface area contributed by atoms with Crippen molar-refractivity contribution in [2.45, 2.75) is 19.1 Å². The number of carbonyl (C=O) groups excluding carboxylic acids is 1. The van der Waals surface area contributed by atoms with Crippen LogP contribution >= 0.6 is 11.8 Å². The van der Waals surface area contributed by atoms with Gasteiger partial charge in [-0.2, -0.15) is 4.98 Å². The second kappa shape index (κ2) is 7.53. The van der Waals surface area contributed by atoms with Gasteiger partial charge >= 0.3 is 0 Å². The normalized spacial score (nSPS) is 14.5. The van der Waals surface area contributed by atoms with Gasteiger partial charge in [0.05, 0.1) is 11.5 Å². The maximum absolute atomic E-state index is 12.3. The van der Waals surface area contributed by atoms with E-state index < -0.39 is 0 Å². The highest BCUT2D eigenvalue weighted by atomic mass is 32.2. The molecule has 0 bridgehead atoms. The summed E-state index contributed by atoms with van der Waals surface area (Å²) in [4.78, 5) is 18.2. The number of aryl methyl sites for hydroxylation is 1. The first-order chi connectivity index (χ1) is 11.6. The molecule has 0 atom stereocenters. The molecule has 0 aliphatic carbocycles. The molecule has 2 heterocycles. The van der Waals surface area contributed by atoms with Crippen LogP contribution in [0.15, 0.2) is 34.9 Å². The third-order valence-electron chi connectivity index (χ3n) is 3.83. The Morgan fingerprint density at radius 1 is 1.38 bits per heavy atom. The van der Waals surface area contributed by atoms with Gasteiger partial charge in [-0.1, -0.05) is 23.4 Å². The minimum atomic E-state index is 0.126. The average molecular weight is 345 g/mol. The molecule has 2 aromatic rings. The zero-order chi connectivity index (χ0) is 16.9. The van der Waals surface area contributed by atoms with Crippen molar-refractivity contribution in [2.24, 2.45) is 0 Å². The van der Waals surface area contributed by atoms with Crippen LogP contribution in [0.3, 0.4) is 0 Å². The van der Waals surface area contributed by atoms with Crippen LogP contribution in [0, 0.1) is 6.92 Å². The van der Waals surface area contributed by atoms with Crippen LogP contribution in [0.4, 0.5) is 0 Å². The lowest BCUT2D eigenvalue weighted by Gasteiger charge is -2.26. The van der Waals surface area contributed by atoms with Crippen molar-refractivity contribution in [1.29, 1.82) is 0 Å². The predicted octanol–water partition coefficient (Wildman–Crippen LogP) is 2.63. The summed E-state index contributed by atoms with van der Waals surface area (Å²) in [5.74, 6) is 2.54. The lowest BCUT2D eigenvalue weighted by molar-refractivity contribution is -0.127. The van der Waals surface area contributed by atoms with Crippen molar-refractivity contribution in [3.8, 4) is 5.75 Å². The first-order valence-electron chi connectivity index (χ1n) is 7.75. The number of rotatable bonds is 5. The van der Waals surface area contributed by atoms with Gasteiger partial charge in [0.25, 0.3) is 0 Å². The molecular weight excluding hydrogens is 326 g/mol. The first kappa shape index (κ1) is 16.6. The number of aromatic nitrogens is 2. The summed E-state index contributed by atoms with van der Waals surface area (Å²) < 4.78 is 4.91. The van der Waals surface area contributed by atoms with Crippen molar-refractivity contribution in [3.05, 3.63) is 47.6 Å². The number of aromatic hydroxyl groups is 1. The Morgan fingerprint density at radius 3 is 2.79 bits per heavy atom. The zero-order valence-corrected chi connectivity index (χ0v) is 14.3. The smallest absolute Gasteiger partial charge is 0.232 e. The highest BCUT2D eigenvalue weighted by Gasteiger charge is 2.18. The highest BCUT2D eigenvalue weighted by molar-refractivity contribution is 7.99. The molecule has 0 saturated carbocycles. The monoisotopic (exact) mass is 345 g/mol. The number of amides is 1. The molecule has 7 heteroatoms. The van der Waals surface area contributed by atoms with E-state index in [0.717, 1.165) is 12.0 Å². The maximum atomic E-state index is 12.3. The Bertz CT molecular complexity index is 740. The molecule has 1 aliphatic rings. The van der Waals surface area contributed by atoms with E-state index in [4.69, 9.17) is 4.52 Å². The SMILES string of the molecule is Cc1nc(CSCC(=O)N2CC=C(c3ccc(O)cc3)CC2)no1. The maximum Gasteiger partial charge on any atom is 0.232 e. The molecule has 3 rings (SSSR count). The fourth-order valence-corrected chi connectivity index (χ4v) is 3.31. The van der Waals surface area contributed by atoms with Gasteiger partial charge in [0.2, 0.25) is 11.8 Å². The molecule has 24 heavy (non-hydrogen) atoms. The van der Waals surface area contributed by atoms with Crippen LogP contribution in [0.1, 0.15) is 23.7 Å². The van der Waals surface area contributed by atoms with Crippen LogP contribution in [0.25, 0.3) is 5.57 Å². The van der Waals surface area contributed by atoms with Crippen molar-refractivity contribution in [1.82, 2.24) is 15.0 Å². The van der Waals surface area contributed by atoms with E-state index in [2.05, 4.69) is 16.2 Å². The van der Waals surface area contributed by atoms with Gasteiger partial charge in [-0.15, -0.1) is 11.8 Å². The number of carbonyl (C=O) groups is 1. The van der Waals surface area contributed by atoms with E-state index >= 15 is 0 Å². The third-order valence-corrected chi connectivity index (χ3v) is 4.74. The van der Waals surface area contributed by atoms with Crippen molar-refractivity contribution < 1.29 is 14.4 Å². The van der Waals surface area contributed by atoms with Crippen LogP contribution in [0.5, 0.6) is 5.75 Å². The minimum Gasteiger partial charge on any atom is -0.508 e.